The number of aryl methyl sites for hydroxylation is 1. The summed E-state index contributed by atoms with van der Waals surface area (Å²) in [4.78, 5) is 48.9. The molecule has 0 bridgehead atoms. The van der Waals surface area contributed by atoms with E-state index in [1.54, 1.807) is 43.4 Å². The van der Waals surface area contributed by atoms with E-state index in [1.165, 1.54) is 0 Å². The number of hydrogen-bond donors (Lipinski definition) is 2. The van der Waals surface area contributed by atoms with Gasteiger partial charge in [0.1, 0.15) is 28.3 Å². The highest BCUT2D eigenvalue weighted by molar-refractivity contribution is 5.91. The quantitative estimate of drug-likeness (QED) is 0.235. The summed E-state index contributed by atoms with van der Waals surface area (Å²) >= 11 is 0. The van der Waals surface area contributed by atoms with E-state index in [9.17, 15) is 0 Å². The molecule has 57 heavy (non-hydrogen) atoms. The van der Waals surface area contributed by atoms with Crippen molar-refractivity contribution in [3.8, 4) is 45.4 Å². The molecule has 18 heteroatoms. The van der Waals surface area contributed by atoms with Crippen molar-refractivity contribution in [3.63, 3.8) is 0 Å². The molecule has 10 rings (SSSR count). The fourth-order valence-corrected chi connectivity index (χ4v) is 6.46. The van der Waals surface area contributed by atoms with Gasteiger partial charge in [0, 0.05) is 74.5 Å². The Morgan fingerprint density at radius 3 is 1.46 bits per heavy atom. The first-order valence-corrected chi connectivity index (χ1v) is 18.2. The molecule has 0 unspecified atom stereocenters. The minimum Gasteiger partial charge on any atom is -0.464 e. The highest BCUT2D eigenvalue weighted by atomic mass is 16.5. The van der Waals surface area contributed by atoms with Crippen LogP contribution in [0.2, 0.25) is 0 Å². The van der Waals surface area contributed by atoms with Crippen LogP contribution < -0.4 is 21.3 Å². The summed E-state index contributed by atoms with van der Waals surface area (Å²) in [6.07, 6.45) is 11.7. The number of hydrogen-bond acceptors (Lipinski definition) is 18. The molecule has 0 saturated carbocycles. The maximum absolute atomic E-state index is 5.75. The van der Waals surface area contributed by atoms with Gasteiger partial charge < -0.3 is 39.6 Å². The van der Waals surface area contributed by atoms with Crippen molar-refractivity contribution < 1.29 is 18.3 Å². The van der Waals surface area contributed by atoms with E-state index in [4.69, 9.17) is 49.7 Å². The van der Waals surface area contributed by atoms with E-state index in [1.807, 2.05) is 43.3 Å². The molecule has 2 fully saturated rings. The van der Waals surface area contributed by atoms with Crippen LogP contribution in [0.5, 0.6) is 0 Å². The van der Waals surface area contributed by atoms with E-state index in [0.717, 1.165) is 88.3 Å². The molecule has 0 radical (unpaired) electrons. The Hall–Kier alpha value is -7.18. The molecule has 0 atom stereocenters. The monoisotopic (exact) mass is 764 g/mol. The number of furan rings is 2. The van der Waals surface area contributed by atoms with Crippen molar-refractivity contribution in [1.82, 2.24) is 49.8 Å². The summed E-state index contributed by atoms with van der Waals surface area (Å²) in [7, 11) is 0. The van der Waals surface area contributed by atoms with Gasteiger partial charge in [-0.25, -0.2) is 49.8 Å². The van der Waals surface area contributed by atoms with E-state index in [0.29, 0.717) is 49.2 Å². The SMILES string of the molecule is Cc1ccc(-c2cnc3c(N4CCOCC4)nc(-c4cnc(N)nc4)nc3c2)o1.Nc1ncc(-c2nc(N3CCOCC3)c3ncc(-c4ccco4)cc3n2)cn1. The van der Waals surface area contributed by atoms with Crippen molar-refractivity contribution in [1.29, 1.82) is 0 Å². The fourth-order valence-electron chi connectivity index (χ4n) is 6.46. The van der Waals surface area contributed by atoms with Crippen LogP contribution in [0.4, 0.5) is 23.5 Å². The maximum atomic E-state index is 5.75. The molecule has 2 aliphatic rings. The van der Waals surface area contributed by atoms with Gasteiger partial charge in [0.2, 0.25) is 11.9 Å². The molecule has 286 valence electrons. The van der Waals surface area contributed by atoms with Crippen LogP contribution in [0, 0.1) is 6.92 Å². The summed E-state index contributed by atoms with van der Waals surface area (Å²) in [5.41, 5.74) is 17.2. The standard InChI is InChI=1S/C20H19N7O2.C19H17N7O2/c1-12-2-3-16(29-12)13-8-15-17(22-9-13)19(27-4-6-28-7-5-27)26-18(25-15)14-10-23-20(21)24-11-14;20-19-22-10-13(11-23-19)17-24-14-8-12(15-2-1-5-28-15)9-21-16(14)18(25-17)26-3-6-27-7-4-26/h2-3,8-11H,4-7H2,1H3,(H2,21,23,24);1-2,5,8-11H,3-4,6-7H2,(H2,20,22,23). The van der Waals surface area contributed by atoms with Crippen LogP contribution >= 0.6 is 0 Å². The van der Waals surface area contributed by atoms with E-state index < -0.39 is 0 Å². The van der Waals surface area contributed by atoms with Gasteiger partial charge in [0.05, 0.1) is 54.9 Å². The Kier molecular flexibility index (Phi) is 9.67. The molecule has 0 spiro atoms. The zero-order valence-corrected chi connectivity index (χ0v) is 30.8. The number of nitrogens with zero attached hydrogens (tertiary/aromatic N) is 12. The van der Waals surface area contributed by atoms with Crippen LogP contribution in [0.3, 0.4) is 0 Å². The second-order valence-electron chi connectivity index (χ2n) is 13.2. The summed E-state index contributed by atoms with van der Waals surface area (Å²) < 4.78 is 22.2. The predicted molar refractivity (Wildman–Crippen MR) is 212 cm³/mol. The molecule has 18 nitrogen and oxygen atoms in total. The molecule has 2 saturated heterocycles. The molecule has 8 aromatic rings. The first-order valence-electron chi connectivity index (χ1n) is 18.2. The van der Waals surface area contributed by atoms with Crippen molar-refractivity contribution >= 4 is 45.6 Å². The third-order valence-electron chi connectivity index (χ3n) is 9.35. The summed E-state index contributed by atoms with van der Waals surface area (Å²) in [5, 5.41) is 0. The van der Waals surface area contributed by atoms with Gasteiger partial charge in [0.25, 0.3) is 0 Å². The Morgan fingerprint density at radius 2 is 1.02 bits per heavy atom. The average molecular weight is 765 g/mol. The minimum absolute atomic E-state index is 0.208. The zero-order valence-electron chi connectivity index (χ0n) is 30.8. The first kappa shape index (κ1) is 35.5. The Balaban J connectivity index is 0.000000148. The van der Waals surface area contributed by atoms with Gasteiger partial charge in [-0.15, -0.1) is 0 Å². The largest absolute Gasteiger partial charge is 0.464 e. The van der Waals surface area contributed by atoms with E-state index in [-0.39, 0.29) is 11.9 Å². The first-order chi connectivity index (χ1) is 27.9. The number of ether oxygens (including phenoxy) is 2. The lowest BCUT2D eigenvalue weighted by Crippen LogP contribution is -2.37. The minimum atomic E-state index is 0.208. The van der Waals surface area contributed by atoms with Gasteiger partial charge in [-0.3, -0.25) is 0 Å². The zero-order chi connectivity index (χ0) is 38.7. The van der Waals surface area contributed by atoms with Crippen molar-refractivity contribution in [2.24, 2.45) is 0 Å². The average Bonchev–Trinajstić information content (AvgIpc) is 3.97. The highest BCUT2D eigenvalue weighted by Gasteiger charge is 2.22. The molecule has 0 aromatic carbocycles. The number of nitrogen functional groups attached to an aromatic ring is 2. The van der Waals surface area contributed by atoms with Crippen molar-refractivity contribution in [2.75, 3.05) is 73.9 Å². The predicted octanol–water partition coefficient (Wildman–Crippen LogP) is 4.63. The van der Waals surface area contributed by atoms with Crippen molar-refractivity contribution in [3.05, 3.63) is 85.6 Å². The molecule has 10 heterocycles. The lowest BCUT2D eigenvalue weighted by molar-refractivity contribution is 0.122. The normalized spacial score (nSPS) is 14.5. The van der Waals surface area contributed by atoms with Gasteiger partial charge >= 0.3 is 0 Å². The smallest absolute Gasteiger partial charge is 0.219 e. The summed E-state index contributed by atoms with van der Waals surface area (Å²) in [6, 6.07) is 11.5. The van der Waals surface area contributed by atoms with Crippen LogP contribution in [0.25, 0.3) is 67.5 Å². The lowest BCUT2D eigenvalue weighted by atomic mass is 10.2. The molecule has 0 aliphatic carbocycles. The van der Waals surface area contributed by atoms with E-state index >= 15 is 0 Å². The van der Waals surface area contributed by atoms with Gasteiger partial charge in [-0.05, 0) is 43.3 Å². The molecule has 8 aromatic heterocycles. The van der Waals surface area contributed by atoms with Gasteiger partial charge in [-0.2, -0.15) is 0 Å². The Morgan fingerprint density at radius 1 is 0.544 bits per heavy atom. The van der Waals surface area contributed by atoms with E-state index in [2.05, 4.69) is 39.7 Å². The topological polar surface area (TPSA) is 232 Å². The van der Waals surface area contributed by atoms with Crippen LogP contribution in [0.1, 0.15) is 5.76 Å². The summed E-state index contributed by atoms with van der Waals surface area (Å²) in [5.74, 6) is 5.33. The van der Waals surface area contributed by atoms with Gasteiger partial charge in [0.15, 0.2) is 23.3 Å². The number of fused-ring (bicyclic) bond motifs is 2. The number of anilines is 4. The lowest BCUT2D eigenvalue weighted by Gasteiger charge is -2.28. The molecule has 2 aliphatic heterocycles. The fraction of sp³-hybridized carbons (Fsp3) is 0.231. The summed E-state index contributed by atoms with van der Waals surface area (Å²) in [6.45, 7) is 7.47. The number of pyridine rings is 2. The molecule has 0 amide bonds. The molecular formula is C39H36N14O4. The molecule has 4 N–H and O–H groups in total. The van der Waals surface area contributed by atoms with Crippen LogP contribution in [-0.2, 0) is 9.47 Å². The Labute approximate surface area is 325 Å². The molecular weight excluding hydrogens is 729 g/mol. The number of rotatable bonds is 6. The Bertz CT molecular complexity index is 2640. The highest BCUT2D eigenvalue weighted by Crippen LogP contribution is 2.32. The number of morpholine rings is 2. The third-order valence-corrected chi connectivity index (χ3v) is 9.35. The third kappa shape index (κ3) is 7.58. The van der Waals surface area contributed by atoms with Crippen LogP contribution in [0.15, 0.2) is 88.7 Å². The number of aromatic nitrogens is 10. The number of nitrogens with two attached hydrogens (primary N) is 2. The second-order valence-corrected chi connectivity index (χ2v) is 13.2. The van der Waals surface area contributed by atoms with Crippen molar-refractivity contribution in [2.45, 2.75) is 6.92 Å². The van der Waals surface area contributed by atoms with Crippen LogP contribution in [-0.4, -0.2) is 102 Å². The van der Waals surface area contributed by atoms with Gasteiger partial charge in [-0.1, -0.05) is 0 Å². The second kappa shape index (κ2) is 15.5. The maximum Gasteiger partial charge on any atom is 0.219 e.